The topological polar surface area (TPSA) is 61.8 Å². The van der Waals surface area contributed by atoms with E-state index in [0.29, 0.717) is 0 Å². The summed E-state index contributed by atoms with van der Waals surface area (Å²) in [4.78, 5) is 23.3. The van der Waals surface area contributed by atoms with E-state index in [9.17, 15) is 9.59 Å². The maximum absolute atomic E-state index is 12.2. The van der Waals surface area contributed by atoms with E-state index < -0.39 is 15.3 Å². The highest BCUT2D eigenvalue weighted by molar-refractivity contribution is 9.25. The first-order valence-electron chi connectivity index (χ1n) is 5.27. The second-order valence-electron chi connectivity index (χ2n) is 4.19. The first-order chi connectivity index (χ1) is 8.36. The molecule has 18 heavy (non-hydrogen) atoms. The minimum Gasteiger partial charge on any atom is -0.494 e. The molecular weight excluding hydrogens is 372 g/mol. The van der Waals surface area contributed by atoms with Gasteiger partial charge in [-0.3, -0.25) is 9.59 Å². The van der Waals surface area contributed by atoms with Gasteiger partial charge in [0.05, 0.1) is 16.3 Å². The monoisotopic (exact) mass is 382 g/mol. The number of carbonyl (C=O) groups excluding carboxylic acids is 2. The van der Waals surface area contributed by atoms with Crippen molar-refractivity contribution in [1.82, 2.24) is 0 Å². The highest BCUT2D eigenvalue weighted by Gasteiger charge is 2.73. The summed E-state index contributed by atoms with van der Waals surface area (Å²) >= 11 is 6.89. The Bertz CT molecular complexity index is 443. The zero-order valence-electron chi connectivity index (χ0n) is 10.0. The number of hydrogen-bond acceptors (Lipinski definition) is 5. The van der Waals surface area contributed by atoms with Gasteiger partial charge in [-0.25, -0.2) is 0 Å². The quantitative estimate of drug-likeness (QED) is 0.548. The minimum absolute atomic E-state index is 0.0566. The second kappa shape index (κ2) is 4.61. The molecule has 1 saturated carbocycles. The summed E-state index contributed by atoms with van der Waals surface area (Å²) in [6.07, 6.45) is -0.425. The van der Waals surface area contributed by atoms with Crippen molar-refractivity contribution < 1.29 is 23.8 Å². The van der Waals surface area contributed by atoms with Crippen LogP contribution in [-0.2, 0) is 23.8 Å². The van der Waals surface area contributed by atoms with Gasteiger partial charge in [-0.15, -0.1) is 0 Å². The average molecular weight is 384 g/mol. The van der Waals surface area contributed by atoms with Crippen molar-refractivity contribution in [2.75, 3.05) is 14.2 Å². The molecule has 100 valence electrons. The first-order valence-corrected chi connectivity index (χ1v) is 6.86. The Hall–Kier alpha value is -0.400. The molecule has 0 aromatic heterocycles. The first kappa shape index (κ1) is 14.0. The number of hydrogen-bond donors (Lipinski definition) is 0. The Labute approximate surface area is 121 Å². The average Bonchev–Trinajstić information content (AvgIpc) is 2.85. The van der Waals surface area contributed by atoms with Crippen LogP contribution >= 0.6 is 31.9 Å². The van der Waals surface area contributed by atoms with Gasteiger partial charge >= 0.3 is 5.97 Å². The summed E-state index contributed by atoms with van der Waals surface area (Å²) < 4.78 is 15.0. The van der Waals surface area contributed by atoms with Crippen molar-refractivity contribution in [1.29, 1.82) is 0 Å². The van der Waals surface area contributed by atoms with E-state index in [-0.39, 0.29) is 29.1 Å². The van der Waals surface area contributed by atoms with Gasteiger partial charge in [-0.2, -0.15) is 0 Å². The largest absolute Gasteiger partial charge is 0.494 e. The highest BCUT2D eigenvalue weighted by Crippen LogP contribution is 2.67. The lowest BCUT2D eigenvalue weighted by molar-refractivity contribution is -0.142. The summed E-state index contributed by atoms with van der Waals surface area (Å²) in [6, 6.07) is 0. The molecule has 0 bridgehead atoms. The van der Waals surface area contributed by atoms with Crippen molar-refractivity contribution in [2.45, 2.75) is 16.3 Å². The number of alkyl halides is 2. The third-order valence-electron chi connectivity index (χ3n) is 3.14. The molecule has 2 aliphatic carbocycles. The third kappa shape index (κ3) is 1.92. The van der Waals surface area contributed by atoms with Gasteiger partial charge in [0.1, 0.15) is 6.10 Å². The van der Waals surface area contributed by atoms with Crippen molar-refractivity contribution in [3.8, 4) is 0 Å². The molecular formula is C11H12Br2O5. The number of rotatable bonds is 3. The number of ether oxygens (including phenoxy) is 3. The van der Waals surface area contributed by atoms with Crippen molar-refractivity contribution in [3.05, 3.63) is 11.5 Å². The van der Waals surface area contributed by atoms with Gasteiger partial charge in [-0.05, 0) is 0 Å². The lowest BCUT2D eigenvalue weighted by Crippen LogP contribution is -2.30. The molecule has 2 aliphatic rings. The molecule has 0 unspecified atom stereocenters. The second-order valence-corrected chi connectivity index (χ2v) is 7.88. The van der Waals surface area contributed by atoms with E-state index >= 15 is 0 Å². The highest BCUT2D eigenvalue weighted by atomic mass is 79.9. The zero-order valence-corrected chi connectivity index (χ0v) is 13.2. The molecule has 0 aliphatic heterocycles. The Morgan fingerprint density at radius 2 is 1.94 bits per heavy atom. The number of methoxy groups -OCH3 is 2. The van der Waals surface area contributed by atoms with E-state index in [0.717, 1.165) is 0 Å². The normalized spacial score (nSPS) is 32.9. The van der Waals surface area contributed by atoms with E-state index in [1.54, 1.807) is 0 Å². The SMILES string of the molecule is COC1=C(OC(C)=O)C(=O)[C@H]2[C@@H]([C@H]1OC)C2(Br)Br. The Morgan fingerprint density at radius 1 is 1.33 bits per heavy atom. The number of allylic oxidation sites excluding steroid dienone is 1. The van der Waals surface area contributed by atoms with Crippen molar-refractivity contribution in [2.24, 2.45) is 11.8 Å². The maximum atomic E-state index is 12.2. The fraction of sp³-hybridized carbons (Fsp3) is 0.636. The predicted molar refractivity (Wildman–Crippen MR) is 69.2 cm³/mol. The Morgan fingerprint density at radius 3 is 2.39 bits per heavy atom. The molecule has 3 atom stereocenters. The van der Waals surface area contributed by atoms with E-state index in [2.05, 4.69) is 31.9 Å². The summed E-state index contributed by atoms with van der Waals surface area (Å²) in [7, 11) is 2.95. The van der Waals surface area contributed by atoms with Crippen LogP contribution in [0.3, 0.4) is 0 Å². The standard InChI is InChI=1S/C11H12Br2O5/c1-4(14)18-9-7(15)5-6(11(5,12)13)8(16-2)10(9)17-3/h5-6,8H,1-3H3/t5-,6+,8-/m1/s1. The van der Waals surface area contributed by atoms with E-state index in [1.165, 1.54) is 21.1 Å². The van der Waals surface area contributed by atoms with Gasteiger partial charge in [0, 0.05) is 20.0 Å². The molecule has 0 saturated heterocycles. The van der Waals surface area contributed by atoms with Gasteiger partial charge in [0.15, 0.2) is 5.76 Å². The van der Waals surface area contributed by atoms with Crippen molar-refractivity contribution >= 4 is 43.6 Å². The Balaban J connectivity index is 2.43. The number of esters is 1. The molecule has 0 heterocycles. The van der Waals surface area contributed by atoms with E-state index in [1.807, 2.05) is 0 Å². The fourth-order valence-electron chi connectivity index (χ4n) is 2.33. The molecule has 1 fully saturated rings. The number of fused-ring (bicyclic) bond motifs is 1. The smallest absolute Gasteiger partial charge is 0.308 e. The Kier molecular flexibility index (Phi) is 3.59. The number of Topliss-reactive ketones (excluding diaryl/α,β-unsaturated/α-hetero) is 1. The summed E-state index contributed by atoms with van der Waals surface area (Å²) in [5.74, 6) is -1.01. The minimum atomic E-state index is -0.559. The molecule has 0 N–H and O–H groups in total. The molecule has 0 aromatic carbocycles. The molecule has 0 aromatic rings. The maximum Gasteiger partial charge on any atom is 0.308 e. The number of halogens is 2. The van der Waals surface area contributed by atoms with Crippen LogP contribution in [0.2, 0.25) is 0 Å². The number of ketones is 1. The van der Waals surface area contributed by atoms with Crippen molar-refractivity contribution in [3.63, 3.8) is 0 Å². The third-order valence-corrected chi connectivity index (χ3v) is 5.19. The summed E-state index contributed by atoms with van der Waals surface area (Å²) in [6.45, 7) is 1.24. The van der Waals surface area contributed by atoms with Crippen LogP contribution in [0.25, 0.3) is 0 Å². The molecule has 5 nitrogen and oxygen atoms in total. The van der Waals surface area contributed by atoms with Crippen LogP contribution in [0.15, 0.2) is 11.5 Å². The molecule has 2 rings (SSSR count). The lowest BCUT2D eigenvalue weighted by atomic mass is 10.00. The predicted octanol–water partition coefficient (Wildman–Crippen LogP) is 1.74. The molecule has 0 amide bonds. The molecule has 7 heteroatoms. The fourth-order valence-corrected chi connectivity index (χ4v) is 4.06. The summed E-state index contributed by atoms with van der Waals surface area (Å²) in [5, 5.41) is 0. The summed E-state index contributed by atoms with van der Waals surface area (Å²) in [5.41, 5.74) is 0. The van der Waals surface area contributed by atoms with Gasteiger partial charge in [0.25, 0.3) is 0 Å². The van der Waals surface area contributed by atoms with Gasteiger partial charge in [0.2, 0.25) is 11.5 Å². The molecule has 0 spiro atoms. The van der Waals surface area contributed by atoms with E-state index in [4.69, 9.17) is 14.2 Å². The van der Waals surface area contributed by atoms with Crippen LogP contribution in [0.1, 0.15) is 6.92 Å². The lowest BCUT2D eigenvalue weighted by Gasteiger charge is -2.23. The van der Waals surface area contributed by atoms with Crippen LogP contribution in [0, 0.1) is 11.8 Å². The number of carbonyl (C=O) groups is 2. The van der Waals surface area contributed by atoms with Gasteiger partial charge < -0.3 is 14.2 Å². The van der Waals surface area contributed by atoms with Crippen LogP contribution in [-0.4, -0.2) is 35.3 Å². The zero-order chi connectivity index (χ0) is 13.7. The van der Waals surface area contributed by atoms with Gasteiger partial charge in [-0.1, -0.05) is 31.9 Å². The van der Waals surface area contributed by atoms with Crippen LogP contribution in [0.5, 0.6) is 0 Å². The molecule has 0 radical (unpaired) electrons. The van der Waals surface area contributed by atoms with Crippen LogP contribution in [0.4, 0.5) is 0 Å². The van der Waals surface area contributed by atoms with Crippen LogP contribution < -0.4 is 0 Å².